The van der Waals surface area contributed by atoms with Crippen molar-refractivity contribution in [1.29, 1.82) is 0 Å². The SMILES string of the molecule is CC1CC[NH+](CC(=O)Nc2ccccc2C(=O)N[C@@H](C)c2ccccc2)CC1. The molecule has 2 aromatic carbocycles. The lowest BCUT2D eigenvalue weighted by Crippen LogP contribution is -3.14. The summed E-state index contributed by atoms with van der Waals surface area (Å²) in [6, 6.07) is 16.9. The Balaban J connectivity index is 1.62. The van der Waals surface area contributed by atoms with Crippen LogP contribution in [0.1, 0.15) is 48.7 Å². The first-order chi connectivity index (χ1) is 13.5. The highest BCUT2D eigenvalue weighted by Crippen LogP contribution is 2.18. The van der Waals surface area contributed by atoms with E-state index >= 15 is 0 Å². The summed E-state index contributed by atoms with van der Waals surface area (Å²) in [5.74, 6) is 0.523. The molecule has 0 aliphatic carbocycles. The number of anilines is 1. The maximum atomic E-state index is 12.8. The average molecular weight is 381 g/mol. The van der Waals surface area contributed by atoms with Crippen LogP contribution in [0.3, 0.4) is 0 Å². The molecule has 1 fully saturated rings. The second kappa shape index (κ2) is 9.51. The topological polar surface area (TPSA) is 62.6 Å². The third-order valence-electron chi connectivity index (χ3n) is 5.48. The van der Waals surface area contributed by atoms with Crippen LogP contribution in [0.2, 0.25) is 0 Å². The van der Waals surface area contributed by atoms with Gasteiger partial charge in [-0.05, 0) is 43.4 Å². The largest absolute Gasteiger partial charge is 0.345 e. The Morgan fingerprint density at radius 3 is 2.39 bits per heavy atom. The molecule has 0 aromatic heterocycles. The van der Waals surface area contributed by atoms with Crippen molar-refractivity contribution >= 4 is 17.5 Å². The summed E-state index contributed by atoms with van der Waals surface area (Å²) >= 11 is 0. The van der Waals surface area contributed by atoms with Gasteiger partial charge in [-0.1, -0.05) is 49.4 Å². The summed E-state index contributed by atoms with van der Waals surface area (Å²) in [6.07, 6.45) is 2.33. The van der Waals surface area contributed by atoms with Crippen molar-refractivity contribution in [2.24, 2.45) is 5.92 Å². The zero-order valence-corrected chi connectivity index (χ0v) is 16.7. The molecule has 1 aliphatic rings. The first-order valence-electron chi connectivity index (χ1n) is 10.1. The number of piperidine rings is 1. The molecule has 1 heterocycles. The van der Waals surface area contributed by atoms with Gasteiger partial charge in [0.2, 0.25) is 0 Å². The molecule has 148 valence electrons. The van der Waals surface area contributed by atoms with Gasteiger partial charge in [-0.3, -0.25) is 9.59 Å². The number of amides is 2. The number of likely N-dealkylation sites (tertiary alicyclic amines) is 1. The van der Waals surface area contributed by atoms with E-state index in [0.717, 1.165) is 24.6 Å². The van der Waals surface area contributed by atoms with Crippen LogP contribution in [0.4, 0.5) is 5.69 Å². The highest BCUT2D eigenvalue weighted by Gasteiger charge is 2.22. The van der Waals surface area contributed by atoms with Crippen molar-refractivity contribution in [2.75, 3.05) is 25.0 Å². The van der Waals surface area contributed by atoms with Crippen molar-refractivity contribution in [3.63, 3.8) is 0 Å². The standard InChI is InChI=1S/C23H29N3O2/c1-17-12-14-26(15-13-17)16-22(27)25-21-11-7-6-10-20(21)23(28)24-18(2)19-8-4-3-5-9-19/h3-11,17-18H,12-16H2,1-2H3,(H,24,28)(H,25,27)/p+1/t18-/m0/s1. The van der Waals surface area contributed by atoms with Crippen molar-refractivity contribution in [3.8, 4) is 0 Å². The fourth-order valence-electron chi connectivity index (χ4n) is 3.66. The van der Waals surface area contributed by atoms with E-state index in [0.29, 0.717) is 17.8 Å². The Kier molecular flexibility index (Phi) is 6.82. The second-order valence-electron chi connectivity index (χ2n) is 7.81. The molecule has 0 radical (unpaired) electrons. The van der Waals surface area contributed by atoms with E-state index in [1.54, 1.807) is 12.1 Å². The molecule has 3 rings (SSSR count). The van der Waals surface area contributed by atoms with Gasteiger partial charge in [-0.15, -0.1) is 0 Å². The summed E-state index contributed by atoms with van der Waals surface area (Å²) < 4.78 is 0. The quantitative estimate of drug-likeness (QED) is 0.721. The zero-order valence-electron chi connectivity index (χ0n) is 16.7. The van der Waals surface area contributed by atoms with Crippen LogP contribution in [0, 0.1) is 5.92 Å². The van der Waals surface area contributed by atoms with Gasteiger partial charge in [0.15, 0.2) is 6.54 Å². The third kappa shape index (κ3) is 5.42. The number of carbonyl (C=O) groups is 2. The molecule has 0 bridgehead atoms. The normalized spacial score (nSPS) is 20.2. The van der Waals surface area contributed by atoms with E-state index in [1.165, 1.54) is 17.7 Å². The fourth-order valence-corrected chi connectivity index (χ4v) is 3.66. The predicted octanol–water partition coefficient (Wildman–Crippen LogP) is 2.43. The van der Waals surface area contributed by atoms with Gasteiger partial charge >= 0.3 is 0 Å². The van der Waals surface area contributed by atoms with Crippen molar-refractivity contribution in [3.05, 3.63) is 65.7 Å². The van der Waals surface area contributed by atoms with Crippen molar-refractivity contribution in [2.45, 2.75) is 32.7 Å². The van der Waals surface area contributed by atoms with Crippen LogP contribution in [0.25, 0.3) is 0 Å². The van der Waals surface area contributed by atoms with E-state index < -0.39 is 0 Å². The molecule has 1 saturated heterocycles. The molecule has 5 heteroatoms. The van der Waals surface area contributed by atoms with Crippen LogP contribution in [-0.2, 0) is 4.79 Å². The molecular formula is C23H30N3O2+. The summed E-state index contributed by atoms with van der Waals surface area (Å²) in [5.41, 5.74) is 2.09. The molecule has 0 saturated carbocycles. The minimum Gasteiger partial charge on any atom is -0.345 e. The van der Waals surface area contributed by atoms with Gasteiger partial charge in [-0.25, -0.2) is 0 Å². The summed E-state index contributed by atoms with van der Waals surface area (Å²) in [6.45, 7) is 6.73. The summed E-state index contributed by atoms with van der Waals surface area (Å²) in [5, 5.41) is 5.96. The number of carbonyl (C=O) groups excluding carboxylic acids is 2. The maximum absolute atomic E-state index is 12.8. The Morgan fingerprint density at radius 2 is 1.68 bits per heavy atom. The van der Waals surface area contributed by atoms with Crippen LogP contribution in [0.5, 0.6) is 0 Å². The van der Waals surface area contributed by atoms with Gasteiger partial charge in [0.1, 0.15) is 0 Å². The number of rotatable bonds is 6. The van der Waals surface area contributed by atoms with Crippen LogP contribution >= 0.6 is 0 Å². The monoisotopic (exact) mass is 380 g/mol. The van der Waals surface area contributed by atoms with E-state index in [2.05, 4.69) is 17.6 Å². The van der Waals surface area contributed by atoms with Crippen LogP contribution in [0.15, 0.2) is 54.6 Å². The van der Waals surface area contributed by atoms with Gasteiger partial charge < -0.3 is 15.5 Å². The molecule has 0 unspecified atom stereocenters. The minimum atomic E-state index is -0.189. The summed E-state index contributed by atoms with van der Waals surface area (Å²) in [7, 11) is 0. The maximum Gasteiger partial charge on any atom is 0.279 e. The van der Waals surface area contributed by atoms with Gasteiger partial charge in [0, 0.05) is 0 Å². The third-order valence-corrected chi connectivity index (χ3v) is 5.48. The predicted molar refractivity (Wildman–Crippen MR) is 111 cm³/mol. The Hall–Kier alpha value is -2.66. The molecule has 5 nitrogen and oxygen atoms in total. The lowest BCUT2D eigenvalue weighted by Gasteiger charge is -2.26. The van der Waals surface area contributed by atoms with Crippen molar-refractivity contribution < 1.29 is 14.5 Å². The molecule has 2 aromatic rings. The molecule has 1 atom stereocenters. The van der Waals surface area contributed by atoms with Crippen molar-refractivity contribution in [1.82, 2.24) is 5.32 Å². The highest BCUT2D eigenvalue weighted by molar-refractivity contribution is 6.04. The Bertz CT molecular complexity index is 799. The molecule has 1 aliphatic heterocycles. The minimum absolute atomic E-state index is 0.0408. The molecule has 28 heavy (non-hydrogen) atoms. The molecule has 0 spiro atoms. The molecular weight excluding hydrogens is 350 g/mol. The number of para-hydroxylation sites is 1. The zero-order chi connectivity index (χ0) is 19.9. The number of hydrogen-bond acceptors (Lipinski definition) is 2. The number of nitrogens with one attached hydrogen (secondary N) is 3. The number of quaternary nitrogens is 1. The van der Waals surface area contributed by atoms with E-state index in [4.69, 9.17) is 0 Å². The van der Waals surface area contributed by atoms with Gasteiger partial charge in [-0.2, -0.15) is 0 Å². The lowest BCUT2D eigenvalue weighted by molar-refractivity contribution is -0.897. The van der Waals surface area contributed by atoms with E-state index in [-0.39, 0.29) is 17.9 Å². The summed E-state index contributed by atoms with van der Waals surface area (Å²) in [4.78, 5) is 26.6. The highest BCUT2D eigenvalue weighted by atomic mass is 16.2. The molecule has 3 N–H and O–H groups in total. The Labute approximate surface area is 167 Å². The first-order valence-corrected chi connectivity index (χ1v) is 10.1. The van der Waals surface area contributed by atoms with Gasteiger partial charge in [0.05, 0.1) is 30.4 Å². The van der Waals surface area contributed by atoms with Crippen LogP contribution < -0.4 is 15.5 Å². The number of hydrogen-bond donors (Lipinski definition) is 3. The van der Waals surface area contributed by atoms with E-state index in [1.807, 2.05) is 49.4 Å². The average Bonchev–Trinajstić information content (AvgIpc) is 2.70. The Morgan fingerprint density at radius 1 is 1.04 bits per heavy atom. The lowest BCUT2D eigenvalue weighted by atomic mass is 9.99. The first kappa shape index (κ1) is 20.1. The second-order valence-corrected chi connectivity index (χ2v) is 7.81. The fraction of sp³-hybridized carbons (Fsp3) is 0.391. The number of benzene rings is 2. The van der Waals surface area contributed by atoms with Gasteiger partial charge in [0.25, 0.3) is 11.8 Å². The van der Waals surface area contributed by atoms with E-state index in [9.17, 15) is 9.59 Å². The smallest absolute Gasteiger partial charge is 0.279 e. The molecule has 2 amide bonds. The van der Waals surface area contributed by atoms with Crippen LogP contribution in [-0.4, -0.2) is 31.4 Å².